The zero-order chi connectivity index (χ0) is 13.2. The SMILES string of the molecule is Cc1cscc1C(=O)N1CCCC(c2nn[nH]n2)C1. The molecule has 2 aromatic rings. The Labute approximate surface area is 114 Å². The van der Waals surface area contributed by atoms with Crippen LogP contribution >= 0.6 is 11.3 Å². The number of rotatable bonds is 2. The lowest BCUT2D eigenvalue weighted by Gasteiger charge is -2.31. The molecule has 19 heavy (non-hydrogen) atoms. The fourth-order valence-corrected chi connectivity index (χ4v) is 3.29. The number of aryl methyl sites for hydroxylation is 1. The van der Waals surface area contributed by atoms with Crippen LogP contribution in [0.1, 0.15) is 40.5 Å². The lowest BCUT2D eigenvalue weighted by molar-refractivity contribution is 0.0704. The van der Waals surface area contributed by atoms with Crippen LogP contribution in [0, 0.1) is 6.92 Å². The number of amides is 1. The number of H-pyrrole nitrogens is 1. The van der Waals surface area contributed by atoms with Gasteiger partial charge < -0.3 is 4.90 Å². The summed E-state index contributed by atoms with van der Waals surface area (Å²) in [4.78, 5) is 14.4. The van der Waals surface area contributed by atoms with E-state index in [-0.39, 0.29) is 11.8 Å². The summed E-state index contributed by atoms with van der Waals surface area (Å²) in [7, 11) is 0. The first-order valence-corrected chi connectivity index (χ1v) is 7.25. The van der Waals surface area contributed by atoms with Crippen molar-refractivity contribution in [1.29, 1.82) is 0 Å². The van der Waals surface area contributed by atoms with Gasteiger partial charge in [0.1, 0.15) is 0 Å². The van der Waals surface area contributed by atoms with E-state index in [1.54, 1.807) is 11.3 Å². The molecule has 1 unspecified atom stereocenters. The van der Waals surface area contributed by atoms with Gasteiger partial charge in [0.15, 0.2) is 5.82 Å². The summed E-state index contributed by atoms with van der Waals surface area (Å²) in [5.41, 5.74) is 1.87. The predicted octanol–water partition coefficient (Wildman–Crippen LogP) is 1.59. The first kappa shape index (κ1) is 12.3. The molecule has 1 aliphatic heterocycles. The van der Waals surface area contributed by atoms with Crippen molar-refractivity contribution >= 4 is 17.2 Å². The minimum Gasteiger partial charge on any atom is -0.338 e. The summed E-state index contributed by atoms with van der Waals surface area (Å²) >= 11 is 1.57. The maximum Gasteiger partial charge on any atom is 0.254 e. The van der Waals surface area contributed by atoms with Crippen molar-refractivity contribution in [2.24, 2.45) is 0 Å². The number of nitrogens with one attached hydrogen (secondary N) is 1. The molecule has 0 saturated carbocycles. The molecule has 1 saturated heterocycles. The van der Waals surface area contributed by atoms with Gasteiger partial charge in [-0.2, -0.15) is 16.6 Å². The van der Waals surface area contributed by atoms with Gasteiger partial charge in [-0.05, 0) is 30.7 Å². The van der Waals surface area contributed by atoms with Gasteiger partial charge in [-0.15, -0.1) is 10.2 Å². The Morgan fingerprint density at radius 2 is 2.42 bits per heavy atom. The highest BCUT2D eigenvalue weighted by atomic mass is 32.1. The molecule has 1 amide bonds. The van der Waals surface area contributed by atoms with Crippen molar-refractivity contribution in [1.82, 2.24) is 25.5 Å². The normalized spacial score (nSPS) is 19.6. The molecule has 1 aliphatic rings. The lowest BCUT2D eigenvalue weighted by atomic mass is 9.97. The summed E-state index contributed by atoms with van der Waals surface area (Å²) in [6.07, 6.45) is 1.99. The van der Waals surface area contributed by atoms with Crippen LogP contribution in [0.5, 0.6) is 0 Å². The Morgan fingerprint density at radius 1 is 1.53 bits per heavy atom. The molecule has 2 aromatic heterocycles. The number of hydrogen-bond acceptors (Lipinski definition) is 5. The molecular formula is C12H15N5OS. The van der Waals surface area contributed by atoms with Gasteiger partial charge in [-0.25, -0.2) is 0 Å². The van der Waals surface area contributed by atoms with Gasteiger partial charge in [0.2, 0.25) is 0 Å². The Kier molecular flexibility index (Phi) is 3.29. The number of carbonyl (C=O) groups is 1. The summed E-state index contributed by atoms with van der Waals surface area (Å²) < 4.78 is 0. The first-order valence-electron chi connectivity index (χ1n) is 6.31. The molecule has 0 spiro atoms. The van der Waals surface area contributed by atoms with Gasteiger partial charge in [-0.3, -0.25) is 4.79 Å². The highest BCUT2D eigenvalue weighted by Gasteiger charge is 2.28. The summed E-state index contributed by atoms with van der Waals surface area (Å²) in [5.74, 6) is 1.02. The lowest BCUT2D eigenvalue weighted by Crippen LogP contribution is -2.39. The molecule has 1 N–H and O–H groups in total. The van der Waals surface area contributed by atoms with E-state index in [1.165, 1.54) is 0 Å². The van der Waals surface area contributed by atoms with Crippen molar-refractivity contribution in [3.8, 4) is 0 Å². The second-order valence-electron chi connectivity index (χ2n) is 4.83. The maximum atomic E-state index is 12.5. The van der Waals surface area contributed by atoms with Gasteiger partial charge in [0, 0.05) is 24.4 Å². The zero-order valence-corrected chi connectivity index (χ0v) is 11.5. The molecule has 0 aromatic carbocycles. The smallest absolute Gasteiger partial charge is 0.254 e. The third kappa shape index (κ3) is 2.37. The highest BCUT2D eigenvalue weighted by molar-refractivity contribution is 7.08. The van der Waals surface area contributed by atoms with Crippen LogP contribution in [0.2, 0.25) is 0 Å². The van der Waals surface area contributed by atoms with E-state index in [0.29, 0.717) is 12.4 Å². The molecule has 1 atom stereocenters. The van der Waals surface area contributed by atoms with E-state index >= 15 is 0 Å². The maximum absolute atomic E-state index is 12.5. The largest absolute Gasteiger partial charge is 0.338 e. The number of nitrogens with zero attached hydrogens (tertiary/aromatic N) is 4. The monoisotopic (exact) mass is 277 g/mol. The van der Waals surface area contributed by atoms with Gasteiger partial charge in [0.25, 0.3) is 5.91 Å². The molecule has 0 bridgehead atoms. The molecule has 0 aliphatic carbocycles. The van der Waals surface area contributed by atoms with Crippen LogP contribution in [0.15, 0.2) is 10.8 Å². The second kappa shape index (κ2) is 5.08. The molecule has 0 radical (unpaired) electrons. The first-order chi connectivity index (χ1) is 9.25. The van der Waals surface area contributed by atoms with Gasteiger partial charge in [0.05, 0.1) is 5.56 Å². The van der Waals surface area contributed by atoms with Crippen LogP contribution in [0.4, 0.5) is 0 Å². The Hall–Kier alpha value is -1.76. The van der Waals surface area contributed by atoms with E-state index in [4.69, 9.17) is 0 Å². The quantitative estimate of drug-likeness (QED) is 0.904. The average Bonchev–Trinajstić information content (AvgIpc) is 3.09. The van der Waals surface area contributed by atoms with Crippen LogP contribution in [-0.2, 0) is 0 Å². The third-order valence-electron chi connectivity index (χ3n) is 3.52. The van der Waals surface area contributed by atoms with E-state index in [0.717, 1.165) is 30.5 Å². The van der Waals surface area contributed by atoms with Crippen LogP contribution in [-0.4, -0.2) is 44.5 Å². The standard InChI is InChI=1S/C12H15N5OS/c1-8-6-19-7-10(8)12(18)17-4-2-3-9(5-17)11-13-15-16-14-11/h6-7,9H,2-5H2,1H3,(H,13,14,15,16). The summed E-state index contributed by atoms with van der Waals surface area (Å²) in [6, 6.07) is 0. The second-order valence-corrected chi connectivity index (χ2v) is 5.57. The number of likely N-dealkylation sites (tertiary alicyclic amines) is 1. The molecule has 6 nitrogen and oxygen atoms in total. The van der Waals surface area contributed by atoms with Gasteiger partial charge in [-0.1, -0.05) is 5.21 Å². The molecule has 3 heterocycles. The molecule has 3 rings (SSSR count). The fourth-order valence-electron chi connectivity index (χ4n) is 2.46. The van der Waals surface area contributed by atoms with E-state index < -0.39 is 0 Å². The number of carbonyl (C=O) groups excluding carboxylic acids is 1. The van der Waals surface area contributed by atoms with Gasteiger partial charge >= 0.3 is 0 Å². The third-order valence-corrected chi connectivity index (χ3v) is 4.38. The van der Waals surface area contributed by atoms with Crippen LogP contribution < -0.4 is 0 Å². The zero-order valence-electron chi connectivity index (χ0n) is 10.7. The van der Waals surface area contributed by atoms with Crippen LogP contribution in [0.25, 0.3) is 0 Å². The minimum absolute atomic E-state index is 0.118. The van der Waals surface area contributed by atoms with E-state index in [1.807, 2.05) is 22.6 Å². The Balaban J connectivity index is 1.75. The number of thiophene rings is 1. The van der Waals surface area contributed by atoms with Crippen molar-refractivity contribution in [2.75, 3.05) is 13.1 Å². The number of aromatic nitrogens is 4. The number of hydrogen-bond donors (Lipinski definition) is 1. The number of piperidine rings is 1. The fraction of sp³-hybridized carbons (Fsp3) is 0.500. The van der Waals surface area contributed by atoms with Crippen LogP contribution in [0.3, 0.4) is 0 Å². The summed E-state index contributed by atoms with van der Waals surface area (Å²) in [5, 5.41) is 18.1. The molecular weight excluding hydrogens is 262 g/mol. The Bertz CT molecular complexity index is 564. The number of tetrazole rings is 1. The van der Waals surface area contributed by atoms with Crippen molar-refractivity contribution < 1.29 is 4.79 Å². The highest BCUT2D eigenvalue weighted by Crippen LogP contribution is 2.26. The number of aromatic amines is 1. The Morgan fingerprint density at radius 3 is 3.11 bits per heavy atom. The molecule has 1 fully saturated rings. The van der Waals surface area contributed by atoms with E-state index in [2.05, 4.69) is 20.6 Å². The van der Waals surface area contributed by atoms with Crippen molar-refractivity contribution in [3.63, 3.8) is 0 Å². The molecule has 100 valence electrons. The van der Waals surface area contributed by atoms with Crippen molar-refractivity contribution in [3.05, 3.63) is 27.7 Å². The predicted molar refractivity (Wildman–Crippen MR) is 71.1 cm³/mol. The van der Waals surface area contributed by atoms with E-state index in [9.17, 15) is 4.79 Å². The topological polar surface area (TPSA) is 74.8 Å². The average molecular weight is 277 g/mol. The van der Waals surface area contributed by atoms with Crippen molar-refractivity contribution in [2.45, 2.75) is 25.7 Å². The molecule has 7 heteroatoms. The summed E-state index contributed by atoms with van der Waals surface area (Å²) in [6.45, 7) is 3.46. The minimum atomic E-state index is 0.118.